The lowest BCUT2D eigenvalue weighted by molar-refractivity contribution is -0.115. The van der Waals surface area contributed by atoms with E-state index in [0.29, 0.717) is 17.9 Å². The molecule has 1 aromatic heterocycles. The normalized spacial score (nSPS) is 10.4. The van der Waals surface area contributed by atoms with Gasteiger partial charge in [-0.25, -0.2) is 13.8 Å². The Hall–Kier alpha value is -3.28. The summed E-state index contributed by atoms with van der Waals surface area (Å²) in [5.74, 6) is -0.574. The van der Waals surface area contributed by atoms with E-state index in [9.17, 15) is 13.6 Å². The van der Waals surface area contributed by atoms with Gasteiger partial charge in [-0.05, 0) is 47.9 Å². The number of benzene rings is 2. The average Bonchev–Trinajstić information content (AvgIpc) is 2.67. The van der Waals surface area contributed by atoms with Crippen LogP contribution in [0.3, 0.4) is 0 Å². The molecule has 0 atom stereocenters. The minimum atomic E-state index is -0.402. The van der Waals surface area contributed by atoms with Crippen LogP contribution in [-0.2, 0) is 17.6 Å². The van der Waals surface area contributed by atoms with Crippen LogP contribution in [0.2, 0.25) is 0 Å². The van der Waals surface area contributed by atoms with Gasteiger partial charge in [0.1, 0.15) is 17.5 Å². The van der Waals surface area contributed by atoms with E-state index in [1.54, 1.807) is 48.7 Å². The molecule has 2 N–H and O–H groups in total. The van der Waals surface area contributed by atoms with E-state index in [0.717, 1.165) is 17.7 Å². The van der Waals surface area contributed by atoms with Gasteiger partial charge in [-0.2, -0.15) is 0 Å². The first kappa shape index (κ1) is 18.5. The first-order valence-electron chi connectivity index (χ1n) is 8.58. The molecule has 27 heavy (non-hydrogen) atoms. The molecule has 0 aliphatic rings. The van der Waals surface area contributed by atoms with Crippen LogP contribution in [-0.4, -0.2) is 17.4 Å². The van der Waals surface area contributed by atoms with Gasteiger partial charge in [-0.1, -0.05) is 30.3 Å². The molecule has 0 unspecified atom stereocenters. The first-order valence-corrected chi connectivity index (χ1v) is 8.58. The molecule has 4 nitrogen and oxygen atoms in total. The molecule has 0 saturated carbocycles. The SMILES string of the molecule is O=C(Cc1ccccc1F)Nc1ccc(NCCc2ccc(F)cc2)cn1. The number of hydrogen-bond acceptors (Lipinski definition) is 3. The second-order valence-corrected chi connectivity index (χ2v) is 6.05. The summed E-state index contributed by atoms with van der Waals surface area (Å²) in [6.45, 7) is 0.673. The first-order chi connectivity index (χ1) is 13.1. The summed E-state index contributed by atoms with van der Waals surface area (Å²) in [6.07, 6.45) is 2.32. The molecule has 0 aliphatic carbocycles. The summed E-state index contributed by atoms with van der Waals surface area (Å²) in [4.78, 5) is 16.2. The van der Waals surface area contributed by atoms with Crippen molar-refractivity contribution in [3.8, 4) is 0 Å². The van der Waals surface area contributed by atoms with E-state index in [-0.39, 0.29) is 18.1 Å². The maximum absolute atomic E-state index is 13.6. The van der Waals surface area contributed by atoms with E-state index >= 15 is 0 Å². The van der Waals surface area contributed by atoms with Crippen LogP contribution in [0.5, 0.6) is 0 Å². The third-order valence-electron chi connectivity index (χ3n) is 4.00. The summed E-state index contributed by atoms with van der Waals surface area (Å²) in [5.41, 5.74) is 2.19. The van der Waals surface area contributed by atoms with Crippen molar-refractivity contribution in [2.24, 2.45) is 0 Å². The van der Waals surface area contributed by atoms with Gasteiger partial charge in [-0.15, -0.1) is 0 Å². The number of nitrogens with one attached hydrogen (secondary N) is 2. The van der Waals surface area contributed by atoms with Crippen LogP contribution in [0.4, 0.5) is 20.3 Å². The highest BCUT2D eigenvalue weighted by Crippen LogP contribution is 2.12. The van der Waals surface area contributed by atoms with Crippen LogP contribution in [0.1, 0.15) is 11.1 Å². The van der Waals surface area contributed by atoms with E-state index < -0.39 is 5.82 Å². The third kappa shape index (κ3) is 5.60. The monoisotopic (exact) mass is 367 g/mol. The Labute approximate surface area is 156 Å². The van der Waals surface area contributed by atoms with E-state index in [1.165, 1.54) is 18.2 Å². The molecule has 0 bridgehead atoms. The van der Waals surface area contributed by atoms with Crippen molar-refractivity contribution in [2.45, 2.75) is 12.8 Å². The molecule has 6 heteroatoms. The largest absolute Gasteiger partial charge is 0.383 e. The lowest BCUT2D eigenvalue weighted by atomic mass is 10.1. The topological polar surface area (TPSA) is 54.0 Å². The number of pyridine rings is 1. The van der Waals surface area contributed by atoms with Gasteiger partial charge in [0.25, 0.3) is 0 Å². The molecule has 0 saturated heterocycles. The quantitative estimate of drug-likeness (QED) is 0.658. The number of halogens is 2. The number of carbonyl (C=O) groups excluding carboxylic acids is 1. The predicted octanol–water partition coefficient (Wildman–Crippen LogP) is 4.20. The fourth-order valence-corrected chi connectivity index (χ4v) is 2.58. The molecule has 138 valence electrons. The van der Waals surface area contributed by atoms with Crippen molar-refractivity contribution >= 4 is 17.4 Å². The number of nitrogens with zero attached hydrogens (tertiary/aromatic N) is 1. The van der Waals surface area contributed by atoms with E-state index in [1.807, 2.05) is 0 Å². The van der Waals surface area contributed by atoms with Crippen molar-refractivity contribution < 1.29 is 13.6 Å². The van der Waals surface area contributed by atoms with Gasteiger partial charge >= 0.3 is 0 Å². The van der Waals surface area contributed by atoms with Crippen LogP contribution in [0.25, 0.3) is 0 Å². The van der Waals surface area contributed by atoms with Gasteiger partial charge in [0.2, 0.25) is 5.91 Å². The Kier molecular flexibility index (Phi) is 6.10. The molecule has 0 aliphatic heterocycles. The number of aromatic nitrogens is 1. The highest BCUT2D eigenvalue weighted by molar-refractivity contribution is 5.91. The Bertz CT molecular complexity index is 896. The van der Waals surface area contributed by atoms with Gasteiger partial charge < -0.3 is 10.6 Å². The summed E-state index contributed by atoms with van der Waals surface area (Å²) >= 11 is 0. The molecule has 3 rings (SSSR count). The lowest BCUT2D eigenvalue weighted by Gasteiger charge is -2.08. The van der Waals surface area contributed by atoms with Gasteiger partial charge in [0.15, 0.2) is 0 Å². The molecular weight excluding hydrogens is 348 g/mol. The minimum Gasteiger partial charge on any atom is -0.383 e. The zero-order chi connectivity index (χ0) is 19.1. The summed E-state index contributed by atoms with van der Waals surface area (Å²) < 4.78 is 26.5. The number of amides is 1. The Morgan fingerprint density at radius 2 is 1.74 bits per heavy atom. The molecule has 1 amide bonds. The number of carbonyl (C=O) groups is 1. The summed E-state index contributed by atoms with van der Waals surface area (Å²) in [7, 11) is 0. The number of rotatable bonds is 7. The minimum absolute atomic E-state index is 0.0496. The molecule has 0 spiro atoms. The van der Waals surface area contributed by atoms with Crippen molar-refractivity contribution in [2.75, 3.05) is 17.2 Å². The Balaban J connectivity index is 1.47. The fourth-order valence-electron chi connectivity index (χ4n) is 2.58. The van der Waals surface area contributed by atoms with Crippen molar-refractivity contribution in [1.82, 2.24) is 4.98 Å². The molecular formula is C21H19F2N3O. The zero-order valence-corrected chi connectivity index (χ0v) is 14.6. The molecule has 3 aromatic rings. The van der Waals surface area contributed by atoms with Crippen molar-refractivity contribution in [1.29, 1.82) is 0 Å². The summed E-state index contributed by atoms with van der Waals surface area (Å²) in [6, 6.07) is 16.0. The number of hydrogen-bond donors (Lipinski definition) is 2. The smallest absolute Gasteiger partial charge is 0.230 e. The van der Waals surface area contributed by atoms with Gasteiger partial charge in [0, 0.05) is 6.54 Å². The van der Waals surface area contributed by atoms with Crippen molar-refractivity contribution in [3.05, 3.63) is 89.6 Å². The van der Waals surface area contributed by atoms with Crippen molar-refractivity contribution in [3.63, 3.8) is 0 Å². The maximum atomic E-state index is 13.6. The van der Waals surface area contributed by atoms with E-state index in [4.69, 9.17) is 0 Å². The summed E-state index contributed by atoms with van der Waals surface area (Å²) in [5, 5.41) is 5.87. The predicted molar refractivity (Wildman–Crippen MR) is 102 cm³/mol. The van der Waals surface area contributed by atoms with E-state index in [2.05, 4.69) is 15.6 Å². The van der Waals surface area contributed by atoms with Gasteiger partial charge in [-0.3, -0.25) is 4.79 Å². The second-order valence-electron chi connectivity index (χ2n) is 6.05. The fraction of sp³-hybridized carbons (Fsp3) is 0.143. The standard InChI is InChI=1S/C21H19F2N3O/c22-17-7-5-15(6-8-17)11-12-24-18-9-10-20(25-14-18)26-21(27)13-16-3-1-2-4-19(16)23/h1-10,14,24H,11-13H2,(H,25,26,27). The van der Waals surface area contributed by atoms with Crippen LogP contribution >= 0.6 is 0 Å². The van der Waals surface area contributed by atoms with Crippen LogP contribution in [0, 0.1) is 11.6 Å². The Morgan fingerprint density at radius 1 is 0.963 bits per heavy atom. The molecule has 0 fully saturated rings. The number of anilines is 2. The zero-order valence-electron chi connectivity index (χ0n) is 14.6. The lowest BCUT2D eigenvalue weighted by Crippen LogP contribution is -2.16. The van der Waals surface area contributed by atoms with Crippen LogP contribution in [0.15, 0.2) is 66.9 Å². The molecule has 1 heterocycles. The Morgan fingerprint density at radius 3 is 2.44 bits per heavy atom. The highest BCUT2D eigenvalue weighted by Gasteiger charge is 2.08. The average molecular weight is 367 g/mol. The third-order valence-corrected chi connectivity index (χ3v) is 4.00. The molecule has 2 aromatic carbocycles. The van der Waals surface area contributed by atoms with Crippen LogP contribution < -0.4 is 10.6 Å². The highest BCUT2D eigenvalue weighted by atomic mass is 19.1. The second kappa shape index (κ2) is 8.89. The maximum Gasteiger partial charge on any atom is 0.230 e. The molecule has 0 radical (unpaired) electrons. The van der Waals surface area contributed by atoms with Gasteiger partial charge in [0.05, 0.1) is 18.3 Å².